The first-order valence-corrected chi connectivity index (χ1v) is 9.07. The van der Waals surface area contributed by atoms with Crippen molar-refractivity contribution in [1.82, 2.24) is 19.5 Å². The molecule has 1 aromatic carbocycles. The Balaban J connectivity index is 1.49. The molecule has 1 N–H and O–H groups in total. The SMILES string of the molecule is O=c1cccc2n1[C@H]1C[C@H]2CN(c2ncnc3c2[nH]c2ccc(F)cc23)C1. The number of H-pyrrole nitrogens is 1. The van der Waals surface area contributed by atoms with Gasteiger partial charge in [0, 0.05) is 41.7 Å². The van der Waals surface area contributed by atoms with Gasteiger partial charge in [-0.2, -0.15) is 0 Å². The van der Waals surface area contributed by atoms with Crippen LogP contribution in [0.15, 0.2) is 47.5 Å². The number of rotatable bonds is 1. The van der Waals surface area contributed by atoms with Gasteiger partial charge in [0.1, 0.15) is 23.2 Å². The lowest BCUT2D eigenvalue weighted by Crippen LogP contribution is -2.37. The first kappa shape index (κ1) is 14.9. The molecule has 0 amide bonds. The van der Waals surface area contributed by atoms with E-state index in [4.69, 9.17) is 0 Å². The Hall–Kier alpha value is -3.22. The number of fused-ring (bicyclic) bond motifs is 8. The molecule has 1 saturated heterocycles. The lowest BCUT2D eigenvalue weighted by atomic mass is 9.96. The molecule has 0 saturated carbocycles. The third-order valence-electron chi connectivity index (χ3n) is 5.86. The molecule has 5 heterocycles. The number of hydrogen-bond donors (Lipinski definition) is 1. The van der Waals surface area contributed by atoms with Gasteiger partial charge in [-0.3, -0.25) is 4.79 Å². The van der Waals surface area contributed by atoms with Crippen LogP contribution in [0.5, 0.6) is 0 Å². The lowest BCUT2D eigenvalue weighted by molar-refractivity contribution is 0.440. The molecule has 2 aliphatic heterocycles. The molecule has 0 unspecified atom stereocenters. The fourth-order valence-corrected chi connectivity index (χ4v) is 4.78. The number of aromatic amines is 1. The van der Waals surface area contributed by atoms with Crippen LogP contribution < -0.4 is 10.5 Å². The number of nitrogens with one attached hydrogen (secondary N) is 1. The van der Waals surface area contributed by atoms with Gasteiger partial charge >= 0.3 is 0 Å². The monoisotopic (exact) mass is 361 g/mol. The van der Waals surface area contributed by atoms with E-state index < -0.39 is 0 Å². The first-order chi connectivity index (χ1) is 13.2. The molecule has 3 aromatic heterocycles. The van der Waals surface area contributed by atoms with Crippen LogP contribution in [0.25, 0.3) is 21.9 Å². The second-order valence-electron chi connectivity index (χ2n) is 7.39. The standard InChI is InChI=1S/C20H16FN5O/c21-12-4-5-15-14(7-12)18-19(24-15)20(23-10-22-18)25-8-11-6-13(9-25)26-16(11)2-1-3-17(26)27/h1-5,7,10-11,13,24H,6,8-9H2/t11-,13-/m0/s1. The summed E-state index contributed by atoms with van der Waals surface area (Å²) in [5.74, 6) is 0.839. The van der Waals surface area contributed by atoms with Crippen LogP contribution in [0.2, 0.25) is 0 Å². The highest BCUT2D eigenvalue weighted by Crippen LogP contribution is 2.42. The van der Waals surface area contributed by atoms with E-state index in [1.54, 1.807) is 12.1 Å². The van der Waals surface area contributed by atoms with Gasteiger partial charge in [-0.05, 0) is 30.7 Å². The minimum atomic E-state index is -0.283. The number of piperidine rings is 1. The number of aromatic nitrogens is 4. The van der Waals surface area contributed by atoms with Gasteiger partial charge in [0.2, 0.25) is 0 Å². The van der Waals surface area contributed by atoms with Gasteiger partial charge in [0.05, 0.1) is 6.04 Å². The van der Waals surface area contributed by atoms with Crippen LogP contribution >= 0.6 is 0 Å². The summed E-state index contributed by atoms with van der Waals surface area (Å²) in [6.45, 7) is 1.53. The van der Waals surface area contributed by atoms with Crippen LogP contribution in [0, 0.1) is 5.82 Å². The highest BCUT2D eigenvalue weighted by Gasteiger charge is 2.39. The molecule has 4 aromatic rings. The van der Waals surface area contributed by atoms with Crippen LogP contribution in [-0.2, 0) is 0 Å². The Morgan fingerprint density at radius 1 is 1.15 bits per heavy atom. The first-order valence-electron chi connectivity index (χ1n) is 9.07. The highest BCUT2D eigenvalue weighted by atomic mass is 19.1. The van der Waals surface area contributed by atoms with E-state index in [1.807, 2.05) is 10.6 Å². The molecule has 7 heteroatoms. The second-order valence-corrected chi connectivity index (χ2v) is 7.39. The second kappa shape index (κ2) is 5.16. The molecule has 134 valence electrons. The third kappa shape index (κ3) is 2.02. The Labute approximate surface area is 153 Å². The minimum Gasteiger partial charge on any atom is -0.352 e. The smallest absolute Gasteiger partial charge is 0.251 e. The number of nitrogens with zero attached hydrogens (tertiary/aromatic N) is 4. The van der Waals surface area contributed by atoms with Crippen molar-refractivity contribution < 1.29 is 4.39 Å². The molecule has 0 spiro atoms. The molecule has 27 heavy (non-hydrogen) atoms. The van der Waals surface area contributed by atoms with Crippen molar-refractivity contribution in [3.05, 3.63) is 64.6 Å². The molecule has 2 atom stereocenters. The van der Waals surface area contributed by atoms with E-state index >= 15 is 0 Å². The summed E-state index contributed by atoms with van der Waals surface area (Å²) in [7, 11) is 0. The van der Waals surface area contributed by atoms with Gasteiger partial charge < -0.3 is 14.5 Å². The van der Waals surface area contributed by atoms with E-state index in [1.165, 1.54) is 18.5 Å². The Bertz CT molecular complexity index is 1280. The van der Waals surface area contributed by atoms with Crippen LogP contribution in [-0.4, -0.2) is 32.6 Å². The fraction of sp³-hybridized carbons (Fsp3) is 0.250. The predicted octanol–water partition coefficient (Wildman–Crippen LogP) is 2.96. The molecular formula is C20H16FN5O. The fourth-order valence-electron chi connectivity index (χ4n) is 4.78. The summed E-state index contributed by atoms with van der Waals surface area (Å²) in [5.41, 5.74) is 3.56. The average molecular weight is 361 g/mol. The molecule has 2 aliphatic rings. The van der Waals surface area contributed by atoms with Crippen LogP contribution in [0.4, 0.5) is 10.2 Å². The van der Waals surface area contributed by atoms with E-state index in [2.05, 4.69) is 25.9 Å². The van der Waals surface area contributed by atoms with Crippen LogP contribution in [0.3, 0.4) is 0 Å². The van der Waals surface area contributed by atoms with Gasteiger partial charge in [-0.15, -0.1) is 0 Å². The zero-order valence-electron chi connectivity index (χ0n) is 14.4. The van der Waals surface area contributed by atoms with Gasteiger partial charge in [-0.1, -0.05) is 6.07 Å². The highest BCUT2D eigenvalue weighted by molar-refractivity contribution is 6.08. The lowest BCUT2D eigenvalue weighted by Gasteiger charge is -2.32. The summed E-state index contributed by atoms with van der Waals surface area (Å²) < 4.78 is 15.6. The summed E-state index contributed by atoms with van der Waals surface area (Å²) in [4.78, 5) is 26.8. The number of anilines is 1. The maximum absolute atomic E-state index is 13.7. The van der Waals surface area contributed by atoms with Crippen molar-refractivity contribution in [1.29, 1.82) is 0 Å². The van der Waals surface area contributed by atoms with E-state index in [9.17, 15) is 9.18 Å². The van der Waals surface area contributed by atoms with Crippen molar-refractivity contribution in [2.24, 2.45) is 0 Å². The predicted molar refractivity (Wildman–Crippen MR) is 101 cm³/mol. The molecule has 6 nitrogen and oxygen atoms in total. The average Bonchev–Trinajstić information content (AvgIpc) is 3.17. The van der Waals surface area contributed by atoms with Crippen molar-refractivity contribution >= 4 is 27.8 Å². The van der Waals surface area contributed by atoms with Gasteiger partial charge in [0.25, 0.3) is 5.56 Å². The quantitative estimate of drug-likeness (QED) is 0.566. The van der Waals surface area contributed by atoms with Gasteiger partial charge in [-0.25, -0.2) is 14.4 Å². The number of pyridine rings is 1. The van der Waals surface area contributed by atoms with E-state index in [-0.39, 0.29) is 17.4 Å². The summed E-state index contributed by atoms with van der Waals surface area (Å²) in [5, 5.41) is 0.758. The van der Waals surface area contributed by atoms with E-state index in [0.29, 0.717) is 5.92 Å². The Morgan fingerprint density at radius 3 is 3.00 bits per heavy atom. The summed E-state index contributed by atoms with van der Waals surface area (Å²) in [6.07, 6.45) is 2.52. The molecule has 2 bridgehead atoms. The van der Waals surface area contributed by atoms with Crippen molar-refractivity contribution in [2.45, 2.75) is 18.4 Å². The molecule has 6 rings (SSSR count). The number of hydrogen-bond acceptors (Lipinski definition) is 4. The summed E-state index contributed by atoms with van der Waals surface area (Å²) in [6, 6.07) is 10.3. The number of halogens is 1. The summed E-state index contributed by atoms with van der Waals surface area (Å²) >= 11 is 0. The topological polar surface area (TPSA) is 66.8 Å². The normalized spacial score (nSPS) is 21.1. The molecule has 0 radical (unpaired) electrons. The molecule has 1 fully saturated rings. The third-order valence-corrected chi connectivity index (χ3v) is 5.86. The zero-order chi connectivity index (χ0) is 18.1. The molecule has 0 aliphatic carbocycles. The largest absolute Gasteiger partial charge is 0.352 e. The van der Waals surface area contributed by atoms with Gasteiger partial charge in [0.15, 0.2) is 5.82 Å². The molecular weight excluding hydrogens is 345 g/mol. The zero-order valence-corrected chi connectivity index (χ0v) is 14.4. The number of benzene rings is 1. The van der Waals surface area contributed by atoms with Crippen molar-refractivity contribution in [3.8, 4) is 0 Å². The van der Waals surface area contributed by atoms with E-state index in [0.717, 1.165) is 53.0 Å². The van der Waals surface area contributed by atoms with Crippen molar-refractivity contribution in [3.63, 3.8) is 0 Å². The van der Waals surface area contributed by atoms with Crippen molar-refractivity contribution in [2.75, 3.05) is 18.0 Å². The van der Waals surface area contributed by atoms with Crippen LogP contribution in [0.1, 0.15) is 24.1 Å². The maximum Gasteiger partial charge on any atom is 0.251 e. The Kier molecular flexibility index (Phi) is 2.85. The maximum atomic E-state index is 13.7. The Morgan fingerprint density at radius 2 is 2.07 bits per heavy atom. The minimum absolute atomic E-state index is 0.0655.